The number of carbonyl (C=O) groups excluding carboxylic acids is 1. The van der Waals surface area contributed by atoms with Gasteiger partial charge >= 0.3 is 0 Å². The van der Waals surface area contributed by atoms with Gasteiger partial charge in [-0.15, -0.1) is 0 Å². The summed E-state index contributed by atoms with van der Waals surface area (Å²) < 4.78 is 8.13. The van der Waals surface area contributed by atoms with E-state index in [9.17, 15) is 4.79 Å². The highest BCUT2D eigenvalue weighted by molar-refractivity contribution is 6.12. The number of aryl methyl sites for hydroxylation is 2. The van der Waals surface area contributed by atoms with Crippen molar-refractivity contribution in [2.45, 2.75) is 13.8 Å². The summed E-state index contributed by atoms with van der Waals surface area (Å²) in [4.78, 5) is 16.1. The third-order valence-electron chi connectivity index (χ3n) is 4.14. The molecule has 1 aromatic carbocycles. The van der Waals surface area contributed by atoms with E-state index in [0.717, 1.165) is 28.0 Å². The molecule has 5 nitrogen and oxygen atoms in total. The minimum Gasteiger partial charge on any atom is -0.451 e. The molecule has 0 bridgehead atoms. The zero-order valence-corrected chi connectivity index (χ0v) is 12.8. The minimum atomic E-state index is -0.510. The maximum Gasteiger partial charge on any atom is 0.252 e. The summed E-state index contributed by atoms with van der Waals surface area (Å²) in [5, 5.41) is 0.792. The second-order valence-electron chi connectivity index (χ2n) is 5.61. The standard InChI is InChI=1S/C18H15N3O2/c1-10-6-7-11(2)21(10)14-8-9-20-15-12-4-3-5-13(18(19)22)16(12)23-17(14)15/h3-9H,1-2H3,(H2,19,22). The lowest BCUT2D eigenvalue weighted by Crippen LogP contribution is -2.10. The third kappa shape index (κ3) is 1.86. The average molecular weight is 305 g/mol. The number of para-hydroxylation sites is 1. The van der Waals surface area contributed by atoms with Gasteiger partial charge in [-0.05, 0) is 44.2 Å². The number of nitrogens with two attached hydrogens (primary N) is 1. The number of fused-ring (bicyclic) bond motifs is 3. The van der Waals surface area contributed by atoms with Crippen molar-refractivity contribution in [2.24, 2.45) is 5.73 Å². The highest BCUT2D eigenvalue weighted by Crippen LogP contribution is 2.33. The molecule has 0 spiro atoms. The van der Waals surface area contributed by atoms with E-state index >= 15 is 0 Å². The average Bonchev–Trinajstić information content (AvgIpc) is 3.07. The SMILES string of the molecule is Cc1ccc(C)n1-c1ccnc2c1oc1c(C(N)=O)cccc12. The van der Waals surface area contributed by atoms with Crippen LogP contribution in [0.1, 0.15) is 21.7 Å². The number of nitrogens with zero attached hydrogens (tertiary/aromatic N) is 2. The fourth-order valence-electron chi connectivity index (χ4n) is 3.08. The van der Waals surface area contributed by atoms with E-state index in [0.29, 0.717) is 16.7 Å². The van der Waals surface area contributed by atoms with Gasteiger partial charge in [0.2, 0.25) is 0 Å². The van der Waals surface area contributed by atoms with E-state index in [1.165, 1.54) is 0 Å². The molecule has 0 aliphatic carbocycles. The summed E-state index contributed by atoms with van der Waals surface area (Å²) in [6.07, 6.45) is 1.75. The number of amides is 1. The van der Waals surface area contributed by atoms with Gasteiger partial charge in [-0.2, -0.15) is 0 Å². The largest absolute Gasteiger partial charge is 0.451 e. The molecule has 0 aliphatic rings. The van der Waals surface area contributed by atoms with Gasteiger partial charge in [0.25, 0.3) is 5.91 Å². The van der Waals surface area contributed by atoms with Crippen LogP contribution >= 0.6 is 0 Å². The second-order valence-corrected chi connectivity index (χ2v) is 5.61. The Morgan fingerprint density at radius 3 is 2.52 bits per heavy atom. The van der Waals surface area contributed by atoms with Crippen LogP contribution in [0.4, 0.5) is 0 Å². The van der Waals surface area contributed by atoms with Crippen LogP contribution in [0, 0.1) is 13.8 Å². The summed E-state index contributed by atoms with van der Waals surface area (Å²) >= 11 is 0. The number of carbonyl (C=O) groups is 1. The number of aromatic nitrogens is 2. The first kappa shape index (κ1) is 13.6. The molecule has 0 radical (unpaired) electrons. The second kappa shape index (κ2) is 4.71. The molecule has 3 aromatic heterocycles. The summed E-state index contributed by atoms with van der Waals surface area (Å²) in [6, 6.07) is 11.4. The molecule has 114 valence electrons. The van der Waals surface area contributed by atoms with Gasteiger partial charge in [-0.25, -0.2) is 0 Å². The summed E-state index contributed by atoms with van der Waals surface area (Å²) in [7, 11) is 0. The highest BCUT2D eigenvalue weighted by atomic mass is 16.3. The molecular formula is C18H15N3O2. The van der Waals surface area contributed by atoms with Crippen molar-refractivity contribution in [1.82, 2.24) is 9.55 Å². The van der Waals surface area contributed by atoms with Gasteiger partial charge in [0.05, 0.1) is 11.3 Å². The van der Waals surface area contributed by atoms with Crippen LogP contribution in [0.3, 0.4) is 0 Å². The molecule has 3 heterocycles. The quantitative estimate of drug-likeness (QED) is 0.616. The van der Waals surface area contributed by atoms with Crippen molar-refractivity contribution < 1.29 is 9.21 Å². The van der Waals surface area contributed by atoms with E-state index in [1.54, 1.807) is 18.3 Å². The van der Waals surface area contributed by atoms with Crippen molar-refractivity contribution in [1.29, 1.82) is 0 Å². The molecule has 1 amide bonds. The van der Waals surface area contributed by atoms with Gasteiger partial charge in [0.15, 0.2) is 5.58 Å². The maximum absolute atomic E-state index is 11.7. The normalized spacial score (nSPS) is 11.4. The predicted molar refractivity (Wildman–Crippen MR) is 88.8 cm³/mol. The van der Waals surface area contributed by atoms with Crippen LogP contribution in [0.5, 0.6) is 0 Å². The van der Waals surface area contributed by atoms with Crippen LogP contribution in [0.25, 0.3) is 27.8 Å². The van der Waals surface area contributed by atoms with Gasteiger partial charge in [-0.3, -0.25) is 9.78 Å². The fraction of sp³-hybridized carbons (Fsp3) is 0.111. The Morgan fingerprint density at radius 2 is 1.83 bits per heavy atom. The summed E-state index contributed by atoms with van der Waals surface area (Å²) in [5.41, 5.74) is 10.8. The molecule has 2 N–H and O–H groups in total. The Kier molecular flexibility index (Phi) is 2.78. The van der Waals surface area contributed by atoms with Crippen LogP contribution < -0.4 is 5.73 Å². The van der Waals surface area contributed by atoms with Crippen molar-refractivity contribution in [2.75, 3.05) is 0 Å². The van der Waals surface area contributed by atoms with E-state index in [-0.39, 0.29) is 0 Å². The number of benzene rings is 1. The van der Waals surface area contributed by atoms with E-state index in [1.807, 2.05) is 26.0 Å². The Hall–Kier alpha value is -3.08. The van der Waals surface area contributed by atoms with Crippen LogP contribution in [-0.4, -0.2) is 15.5 Å². The summed E-state index contributed by atoms with van der Waals surface area (Å²) in [6.45, 7) is 4.08. The smallest absolute Gasteiger partial charge is 0.252 e. The number of furan rings is 1. The Morgan fingerprint density at radius 1 is 1.09 bits per heavy atom. The molecule has 0 unspecified atom stereocenters. The molecule has 0 saturated heterocycles. The van der Waals surface area contributed by atoms with Crippen molar-refractivity contribution in [3.63, 3.8) is 0 Å². The van der Waals surface area contributed by atoms with Gasteiger partial charge in [-0.1, -0.05) is 6.07 Å². The topological polar surface area (TPSA) is 74.1 Å². The Labute approximate surface area is 132 Å². The molecule has 0 aliphatic heterocycles. The zero-order chi connectivity index (χ0) is 16.1. The molecule has 0 saturated carbocycles. The van der Waals surface area contributed by atoms with Crippen molar-refractivity contribution >= 4 is 28.0 Å². The maximum atomic E-state index is 11.7. The van der Waals surface area contributed by atoms with Crippen LogP contribution in [0.2, 0.25) is 0 Å². The number of hydrogen-bond acceptors (Lipinski definition) is 3. The summed E-state index contributed by atoms with van der Waals surface area (Å²) in [5.74, 6) is -0.510. The number of hydrogen-bond donors (Lipinski definition) is 1. The van der Waals surface area contributed by atoms with Gasteiger partial charge < -0.3 is 14.7 Å². The van der Waals surface area contributed by atoms with Crippen molar-refractivity contribution in [3.05, 3.63) is 59.5 Å². The first-order valence-electron chi connectivity index (χ1n) is 7.33. The Bertz CT molecular complexity index is 1050. The third-order valence-corrected chi connectivity index (χ3v) is 4.14. The molecule has 0 fully saturated rings. The number of pyridine rings is 1. The van der Waals surface area contributed by atoms with E-state index in [2.05, 4.69) is 21.7 Å². The molecular weight excluding hydrogens is 290 g/mol. The molecule has 5 heteroatoms. The minimum absolute atomic E-state index is 0.368. The first-order chi connectivity index (χ1) is 11.1. The molecule has 23 heavy (non-hydrogen) atoms. The predicted octanol–water partition coefficient (Wildman–Crippen LogP) is 3.49. The van der Waals surface area contributed by atoms with Gasteiger partial charge in [0, 0.05) is 23.0 Å². The number of rotatable bonds is 2. The monoisotopic (exact) mass is 305 g/mol. The first-order valence-corrected chi connectivity index (χ1v) is 7.33. The Balaban J connectivity index is 2.15. The molecule has 0 atom stereocenters. The highest BCUT2D eigenvalue weighted by Gasteiger charge is 2.18. The molecule has 4 rings (SSSR count). The van der Waals surface area contributed by atoms with E-state index in [4.69, 9.17) is 10.2 Å². The van der Waals surface area contributed by atoms with Crippen molar-refractivity contribution in [3.8, 4) is 5.69 Å². The van der Waals surface area contributed by atoms with Crippen LogP contribution in [-0.2, 0) is 0 Å². The lowest BCUT2D eigenvalue weighted by Gasteiger charge is -2.09. The van der Waals surface area contributed by atoms with E-state index < -0.39 is 5.91 Å². The fourth-order valence-corrected chi connectivity index (χ4v) is 3.08. The van der Waals surface area contributed by atoms with Gasteiger partial charge in [0.1, 0.15) is 11.1 Å². The zero-order valence-electron chi connectivity index (χ0n) is 12.8. The van der Waals surface area contributed by atoms with Crippen LogP contribution in [0.15, 0.2) is 47.0 Å². The molecule has 4 aromatic rings. The number of primary amides is 1. The lowest BCUT2D eigenvalue weighted by atomic mass is 10.1. The lowest BCUT2D eigenvalue weighted by molar-refractivity contribution is 0.100.